The Morgan fingerprint density at radius 2 is 1.90 bits per heavy atom. The molecule has 0 aliphatic heterocycles. The van der Waals surface area contributed by atoms with Crippen LogP contribution in [0.2, 0.25) is 0 Å². The SMILES string of the molecule is CCCCCC[C@H](C)OC(=O)/C=C/C=C/c1ccccc1. The Morgan fingerprint density at radius 3 is 2.62 bits per heavy atom. The van der Waals surface area contributed by atoms with Gasteiger partial charge < -0.3 is 4.74 Å². The van der Waals surface area contributed by atoms with Gasteiger partial charge in [-0.2, -0.15) is 0 Å². The monoisotopic (exact) mass is 286 g/mol. The molecular weight excluding hydrogens is 260 g/mol. The molecule has 21 heavy (non-hydrogen) atoms. The Labute approximate surface area is 128 Å². The first-order valence-corrected chi connectivity index (χ1v) is 7.82. The Kier molecular flexibility index (Phi) is 8.94. The first kappa shape index (κ1) is 17.2. The van der Waals surface area contributed by atoms with Gasteiger partial charge in [-0.1, -0.05) is 74.7 Å². The highest BCUT2D eigenvalue weighted by atomic mass is 16.5. The topological polar surface area (TPSA) is 26.3 Å². The lowest BCUT2D eigenvalue weighted by Gasteiger charge is -2.11. The van der Waals surface area contributed by atoms with Crippen LogP contribution >= 0.6 is 0 Å². The zero-order valence-corrected chi connectivity index (χ0v) is 13.1. The van der Waals surface area contributed by atoms with Gasteiger partial charge in [-0.3, -0.25) is 0 Å². The summed E-state index contributed by atoms with van der Waals surface area (Å²) in [6.07, 6.45) is 12.8. The maximum absolute atomic E-state index is 11.6. The molecule has 2 nitrogen and oxygen atoms in total. The van der Waals surface area contributed by atoms with Crippen LogP contribution in [0.25, 0.3) is 6.08 Å². The van der Waals surface area contributed by atoms with Crippen molar-refractivity contribution in [1.29, 1.82) is 0 Å². The molecule has 114 valence electrons. The quantitative estimate of drug-likeness (QED) is 0.271. The van der Waals surface area contributed by atoms with E-state index in [9.17, 15) is 4.79 Å². The molecule has 0 amide bonds. The Balaban J connectivity index is 2.23. The molecule has 1 aromatic rings. The molecule has 0 aliphatic rings. The number of allylic oxidation sites excluding steroid dienone is 2. The predicted octanol–water partition coefficient (Wildman–Crippen LogP) is 5.16. The standard InChI is InChI=1S/C19H26O2/c1-3-4-5-7-12-17(2)21-19(20)16-11-10-15-18-13-8-6-9-14-18/h6,8-11,13-17H,3-5,7,12H2,1-2H3/b15-10+,16-11+/t17-/m0/s1. The summed E-state index contributed by atoms with van der Waals surface area (Å²) in [5.74, 6) is -0.268. The Bertz CT molecular complexity index is 446. The number of ether oxygens (including phenoxy) is 1. The second kappa shape index (κ2) is 10.9. The molecule has 0 bridgehead atoms. The van der Waals surface area contributed by atoms with E-state index in [2.05, 4.69) is 6.92 Å². The zero-order chi connectivity index (χ0) is 15.3. The maximum atomic E-state index is 11.6. The summed E-state index contributed by atoms with van der Waals surface area (Å²) in [7, 11) is 0. The molecule has 0 aromatic heterocycles. The van der Waals surface area contributed by atoms with Crippen LogP contribution in [-0.4, -0.2) is 12.1 Å². The van der Waals surface area contributed by atoms with Crippen LogP contribution < -0.4 is 0 Å². The number of carbonyl (C=O) groups is 1. The third kappa shape index (κ3) is 8.85. The molecule has 0 saturated carbocycles. The van der Waals surface area contributed by atoms with Gasteiger partial charge in [0.25, 0.3) is 0 Å². The minimum atomic E-state index is -0.268. The van der Waals surface area contributed by atoms with Crippen molar-refractivity contribution in [3.63, 3.8) is 0 Å². The van der Waals surface area contributed by atoms with Gasteiger partial charge in [-0.15, -0.1) is 0 Å². The van der Waals surface area contributed by atoms with E-state index in [-0.39, 0.29) is 12.1 Å². The van der Waals surface area contributed by atoms with E-state index in [4.69, 9.17) is 4.74 Å². The highest BCUT2D eigenvalue weighted by Crippen LogP contribution is 2.08. The number of benzene rings is 1. The third-order valence-electron chi connectivity index (χ3n) is 3.21. The molecule has 0 saturated heterocycles. The van der Waals surface area contributed by atoms with Gasteiger partial charge in [0.05, 0.1) is 6.10 Å². The second-order valence-corrected chi connectivity index (χ2v) is 5.23. The lowest BCUT2D eigenvalue weighted by atomic mass is 10.1. The smallest absolute Gasteiger partial charge is 0.331 e. The van der Waals surface area contributed by atoms with Crippen LogP contribution in [0.5, 0.6) is 0 Å². The van der Waals surface area contributed by atoms with Gasteiger partial charge in [0.15, 0.2) is 0 Å². The molecule has 0 radical (unpaired) electrons. The summed E-state index contributed by atoms with van der Waals surface area (Å²) in [6.45, 7) is 4.15. The number of unbranched alkanes of at least 4 members (excludes halogenated alkanes) is 3. The Hall–Kier alpha value is -1.83. The summed E-state index contributed by atoms with van der Waals surface area (Å²) in [4.78, 5) is 11.6. The average Bonchev–Trinajstić information content (AvgIpc) is 2.49. The summed E-state index contributed by atoms with van der Waals surface area (Å²) in [5, 5.41) is 0. The molecule has 2 heteroatoms. The lowest BCUT2D eigenvalue weighted by Crippen LogP contribution is -2.12. The highest BCUT2D eigenvalue weighted by Gasteiger charge is 2.05. The largest absolute Gasteiger partial charge is 0.460 e. The van der Waals surface area contributed by atoms with Gasteiger partial charge in [-0.25, -0.2) is 4.79 Å². The van der Waals surface area contributed by atoms with E-state index in [0.717, 1.165) is 18.4 Å². The normalized spacial score (nSPS) is 12.9. The van der Waals surface area contributed by atoms with Crippen molar-refractivity contribution >= 4 is 12.0 Å². The summed E-state index contributed by atoms with van der Waals surface area (Å²) in [6, 6.07) is 9.98. The van der Waals surface area contributed by atoms with Crippen LogP contribution in [0, 0.1) is 0 Å². The summed E-state index contributed by atoms with van der Waals surface area (Å²) < 4.78 is 5.32. The maximum Gasteiger partial charge on any atom is 0.331 e. The van der Waals surface area contributed by atoms with Crippen LogP contribution in [0.4, 0.5) is 0 Å². The lowest BCUT2D eigenvalue weighted by molar-refractivity contribution is -0.142. The summed E-state index contributed by atoms with van der Waals surface area (Å²) in [5.41, 5.74) is 1.11. The molecule has 0 heterocycles. The van der Waals surface area contributed by atoms with Crippen molar-refractivity contribution in [2.45, 2.75) is 52.1 Å². The second-order valence-electron chi connectivity index (χ2n) is 5.23. The van der Waals surface area contributed by atoms with Gasteiger partial charge >= 0.3 is 5.97 Å². The van der Waals surface area contributed by atoms with E-state index < -0.39 is 0 Å². The highest BCUT2D eigenvalue weighted by molar-refractivity contribution is 5.82. The molecular formula is C19H26O2. The number of hydrogen-bond donors (Lipinski definition) is 0. The zero-order valence-electron chi connectivity index (χ0n) is 13.1. The average molecular weight is 286 g/mol. The number of carbonyl (C=O) groups excluding carboxylic acids is 1. The van der Waals surface area contributed by atoms with Gasteiger partial charge in [0.1, 0.15) is 0 Å². The number of esters is 1. The van der Waals surface area contributed by atoms with Crippen LogP contribution in [0.1, 0.15) is 51.5 Å². The fourth-order valence-electron chi connectivity index (χ4n) is 2.02. The van der Waals surface area contributed by atoms with Crippen molar-refractivity contribution in [2.24, 2.45) is 0 Å². The molecule has 0 fully saturated rings. The molecule has 0 spiro atoms. The molecule has 0 unspecified atom stereocenters. The van der Waals surface area contributed by atoms with Crippen molar-refractivity contribution in [2.75, 3.05) is 0 Å². The fourth-order valence-corrected chi connectivity index (χ4v) is 2.02. The van der Waals surface area contributed by atoms with Crippen molar-refractivity contribution in [3.05, 3.63) is 54.1 Å². The van der Waals surface area contributed by atoms with Gasteiger partial charge in [0.2, 0.25) is 0 Å². The first-order chi connectivity index (χ1) is 10.2. The summed E-state index contributed by atoms with van der Waals surface area (Å²) >= 11 is 0. The van der Waals surface area contributed by atoms with E-state index >= 15 is 0 Å². The van der Waals surface area contributed by atoms with E-state index in [0.29, 0.717) is 0 Å². The number of rotatable bonds is 9. The van der Waals surface area contributed by atoms with Crippen LogP contribution in [0.15, 0.2) is 48.6 Å². The molecule has 1 atom stereocenters. The van der Waals surface area contributed by atoms with Crippen LogP contribution in [0.3, 0.4) is 0 Å². The number of hydrogen-bond acceptors (Lipinski definition) is 2. The fraction of sp³-hybridized carbons (Fsp3) is 0.421. The van der Waals surface area contributed by atoms with E-state index in [1.165, 1.54) is 25.3 Å². The Morgan fingerprint density at radius 1 is 1.14 bits per heavy atom. The van der Waals surface area contributed by atoms with Crippen molar-refractivity contribution in [1.82, 2.24) is 0 Å². The third-order valence-corrected chi connectivity index (χ3v) is 3.21. The molecule has 1 aromatic carbocycles. The minimum absolute atomic E-state index is 0.00268. The van der Waals surface area contributed by atoms with Gasteiger partial charge in [0, 0.05) is 6.08 Å². The van der Waals surface area contributed by atoms with Crippen molar-refractivity contribution < 1.29 is 9.53 Å². The van der Waals surface area contributed by atoms with Crippen molar-refractivity contribution in [3.8, 4) is 0 Å². The van der Waals surface area contributed by atoms with E-state index in [1.54, 1.807) is 6.08 Å². The van der Waals surface area contributed by atoms with Gasteiger partial charge in [-0.05, 0) is 25.3 Å². The van der Waals surface area contributed by atoms with E-state index in [1.807, 2.05) is 49.4 Å². The molecule has 0 aliphatic carbocycles. The minimum Gasteiger partial charge on any atom is -0.460 e. The predicted molar refractivity (Wildman–Crippen MR) is 88.9 cm³/mol. The molecule has 1 rings (SSSR count). The first-order valence-electron chi connectivity index (χ1n) is 7.82. The molecule has 0 N–H and O–H groups in total. The van der Waals surface area contributed by atoms with Crippen LogP contribution in [-0.2, 0) is 9.53 Å².